The van der Waals surface area contributed by atoms with E-state index < -0.39 is 0 Å². The molecule has 3 unspecified atom stereocenters. The van der Waals surface area contributed by atoms with E-state index in [4.69, 9.17) is 11.5 Å². The molecular weight excluding hydrogens is 160 g/mol. The summed E-state index contributed by atoms with van der Waals surface area (Å²) in [7, 11) is 0. The maximum absolute atomic E-state index is 6.14. The Bertz CT molecular complexity index is 136. The van der Waals surface area contributed by atoms with Gasteiger partial charge in [0, 0.05) is 12.1 Å². The first-order chi connectivity index (χ1) is 6.25. The van der Waals surface area contributed by atoms with E-state index in [-0.39, 0.29) is 0 Å². The molecule has 2 heteroatoms. The van der Waals surface area contributed by atoms with Crippen molar-refractivity contribution in [2.75, 3.05) is 0 Å². The summed E-state index contributed by atoms with van der Waals surface area (Å²) in [4.78, 5) is 0. The number of hydrogen-bond acceptors (Lipinski definition) is 2. The Hall–Kier alpha value is -0.0800. The van der Waals surface area contributed by atoms with Crippen molar-refractivity contribution in [1.82, 2.24) is 0 Å². The highest BCUT2D eigenvalue weighted by Crippen LogP contribution is 2.26. The quantitative estimate of drug-likeness (QED) is 0.702. The predicted molar refractivity (Wildman–Crippen MR) is 57.4 cm³/mol. The van der Waals surface area contributed by atoms with Crippen LogP contribution < -0.4 is 11.5 Å². The van der Waals surface area contributed by atoms with Gasteiger partial charge in [-0.3, -0.25) is 0 Å². The van der Waals surface area contributed by atoms with E-state index in [2.05, 4.69) is 6.92 Å². The van der Waals surface area contributed by atoms with Crippen molar-refractivity contribution in [2.45, 2.75) is 64.0 Å². The molecule has 0 aromatic heterocycles. The second-order valence-electron chi connectivity index (χ2n) is 4.42. The van der Waals surface area contributed by atoms with Crippen molar-refractivity contribution in [1.29, 1.82) is 0 Å². The molecule has 2 nitrogen and oxygen atoms in total. The van der Waals surface area contributed by atoms with Crippen LogP contribution in [0, 0.1) is 5.92 Å². The fourth-order valence-corrected chi connectivity index (χ4v) is 2.37. The third kappa shape index (κ3) is 3.28. The largest absolute Gasteiger partial charge is 0.327 e. The Morgan fingerprint density at radius 3 is 2.62 bits per heavy atom. The lowest BCUT2D eigenvalue weighted by molar-refractivity contribution is 0.253. The molecular formula is C11H24N2. The van der Waals surface area contributed by atoms with E-state index in [0.717, 1.165) is 6.42 Å². The molecule has 0 spiro atoms. The highest BCUT2D eigenvalue weighted by molar-refractivity contribution is 4.85. The minimum Gasteiger partial charge on any atom is -0.327 e. The standard InChI is InChI=1S/C11H24N2/c1-2-3-7-10(12)9-6-4-5-8-11(9)13/h9-11H,2-8,12-13H2,1H3. The van der Waals surface area contributed by atoms with Crippen LogP contribution in [0.25, 0.3) is 0 Å². The maximum Gasteiger partial charge on any atom is 0.00819 e. The fourth-order valence-electron chi connectivity index (χ4n) is 2.37. The van der Waals surface area contributed by atoms with E-state index in [1.807, 2.05) is 0 Å². The van der Waals surface area contributed by atoms with E-state index in [0.29, 0.717) is 18.0 Å². The molecule has 4 N–H and O–H groups in total. The predicted octanol–water partition coefficient (Wildman–Crippen LogP) is 2.02. The second-order valence-corrected chi connectivity index (χ2v) is 4.42. The van der Waals surface area contributed by atoms with Gasteiger partial charge in [-0.1, -0.05) is 32.6 Å². The average Bonchev–Trinajstić information content (AvgIpc) is 2.15. The van der Waals surface area contributed by atoms with Gasteiger partial charge in [-0.05, 0) is 25.2 Å². The molecule has 78 valence electrons. The number of nitrogens with two attached hydrogens (primary N) is 2. The highest BCUT2D eigenvalue weighted by atomic mass is 14.7. The van der Waals surface area contributed by atoms with Gasteiger partial charge in [0.05, 0.1) is 0 Å². The first-order valence-electron chi connectivity index (χ1n) is 5.77. The van der Waals surface area contributed by atoms with Crippen molar-refractivity contribution in [3.05, 3.63) is 0 Å². The first-order valence-corrected chi connectivity index (χ1v) is 5.77. The van der Waals surface area contributed by atoms with Crippen LogP contribution in [0.15, 0.2) is 0 Å². The zero-order valence-electron chi connectivity index (χ0n) is 8.84. The van der Waals surface area contributed by atoms with Gasteiger partial charge in [0.25, 0.3) is 0 Å². The molecule has 0 bridgehead atoms. The molecule has 0 aromatic rings. The summed E-state index contributed by atoms with van der Waals surface area (Å²) < 4.78 is 0. The van der Waals surface area contributed by atoms with E-state index >= 15 is 0 Å². The van der Waals surface area contributed by atoms with Crippen LogP contribution in [0.3, 0.4) is 0 Å². The first kappa shape index (κ1) is 11.0. The normalized spacial score (nSPS) is 31.6. The Morgan fingerprint density at radius 1 is 1.31 bits per heavy atom. The van der Waals surface area contributed by atoms with Crippen LogP contribution in [0.5, 0.6) is 0 Å². The van der Waals surface area contributed by atoms with E-state index in [1.54, 1.807) is 0 Å². The zero-order valence-corrected chi connectivity index (χ0v) is 8.84. The van der Waals surface area contributed by atoms with Crippen LogP contribution in [0.2, 0.25) is 0 Å². The highest BCUT2D eigenvalue weighted by Gasteiger charge is 2.26. The van der Waals surface area contributed by atoms with Gasteiger partial charge in [-0.15, -0.1) is 0 Å². The summed E-state index contributed by atoms with van der Waals surface area (Å²) in [6, 6.07) is 0.732. The molecule has 0 aliphatic heterocycles. The van der Waals surface area contributed by atoms with E-state index in [9.17, 15) is 0 Å². The summed E-state index contributed by atoms with van der Waals surface area (Å²) in [6.07, 6.45) is 8.74. The SMILES string of the molecule is CCCCC(N)C1CCCCC1N. The van der Waals surface area contributed by atoms with Crippen LogP contribution in [-0.4, -0.2) is 12.1 Å². The summed E-state index contributed by atoms with van der Waals surface area (Å²) in [5.41, 5.74) is 12.2. The van der Waals surface area contributed by atoms with Gasteiger partial charge < -0.3 is 11.5 Å². The Kier molecular flexibility index (Phi) is 4.74. The zero-order chi connectivity index (χ0) is 9.68. The van der Waals surface area contributed by atoms with Gasteiger partial charge in [0.2, 0.25) is 0 Å². The fraction of sp³-hybridized carbons (Fsp3) is 1.00. The van der Waals surface area contributed by atoms with Crippen molar-refractivity contribution in [3.63, 3.8) is 0 Å². The Balaban J connectivity index is 2.30. The van der Waals surface area contributed by atoms with Crippen molar-refractivity contribution >= 4 is 0 Å². The van der Waals surface area contributed by atoms with Crippen LogP contribution in [-0.2, 0) is 0 Å². The molecule has 0 heterocycles. The van der Waals surface area contributed by atoms with Crippen LogP contribution in [0.4, 0.5) is 0 Å². The third-order valence-electron chi connectivity index (χ3n) is 3.32. The number of rotatable bonds is 4. The van der Waals surface area contributed by atoms with Crippen molar-refractivity contribution < 1.29 is 0 Å². The maximum atomic E-state index is 6.14. The van der Waals surface area contributed by atoms with Crippen LogP contribution >= 0.6 is 0 Å². The van der Waals surface area contributed by atoms with Gasteiger partial charge in [0.1, 0.15) is 0 Å². The van der Waals surface area contributed by atoms with Gasteiger partial charge in [-0.25, -0.2) is 0 Å². The lowest BCUT2D eigenvalue weighted by Crippen LogP contribution is -2.44. The summed E-state index contributed by atoms with van der Waals surface area (Å²) in [5, 5.41) is 0. The molecule has 3 atom stereocenters. The molecule has 0 aromatic carbocycles. The molecule has 1 fully saturated rings. The number of hydrogen-bond donors (Lipinski definition) is 2. The molecule has 1 rings (SSSR count). The van der Waals surface area contributed by atoms with Gasteiger partial charge in [0.15, 0.2) is 0 Å². The molecule has 0 saturated heterocycles. The van der Waals surface area contributed by atoms with Crippen LogP contribution in [0.1, 0.15) is 51.9 Å². The van der Waals surface area contributed by atoms with Crippen molar-refractivity contribution in [3.8, 4) is 0 Å². The van der Waals surface area contributed by atoms with E-state index in [1.165, 1.54) is 38.5 Å². The second kappa shape index (κ2) is 5.61. The third-order valence-corrected chi connectivity index (χ3v) is 3.32. The molecule has 1 saturated carbocycles. The van der Waals surface area contributed by atoms with Crippen molar-refractivity contribution in [2.24, 2.45) is 17.4 Å². The average molecular weight is 184 g/mol. The summed E-state index contributed by atoms with van der Waals surface area (Å²) in [5.74, 6) is 0.597. The van der Waals surface area contributed by atoms with Gasteiger partial charge >= 0.3 is 0 Å². The monoisotopic (exact) mass is 184 g/mol. The minimum atomic E-state index is 0.357. The van der Waals surface area contributed by atoms with Gasteiger partial charge in [-0.2, -0.15) is 0 Å². The summed E-state index contributed by atoms with van der Waals surface area (Å²) >= 11 is 0. The Morgan fingerprint density at radius 2 is 2.00 bits per heavy atom. The lowest BCUT2D eigenvalue weighted by atomic mass is 9.79. The molecule has 0 radical (unpaired) electrons. The smallest absolute Gasteiger partial charge is 0.00819 e. The molecule has 0 amide bonds. The summed E-state index contributed by atoms with van der Waals surface area (Å²) in [6.45, 7) is 2.22. The molecule has 1 aliphatic carbocycles. The lowest BCUT2D eigenvalue weighted by Gasteiger charge is -2.33. The topological polar surface area (TPSA) is 52.0 Å². The minimum absolute atomic E-state index is 0.357. The number of unbranched alkanes of at least 4 members (excludes halogenated alkanes) is 1. The molecule has 1 aliphatic rings. The Labute approximate surface area is 82.1 Å². The molecule has 13 heavy (non-hydrogen) atoms.